The third-order valence-electron chi connectivity index (χ3n) is 12.9. The molecule has 382 valence electrons. The van der Waals surface area contributed by atoms with Crippen LogP contribution in [0.3, 0.4) is 0 Å². The van der Waals surface area contributed by atoms with Crippen molar-refractivity contribution >= 4 is 17.9 Å². The Kier molecular flexibility index (Phi) is 52.7. The largest absolute Gasteiger partial charge is 0.462 e. The summed E-state index contributed by atoms with van der Waals surface area (Å²) in [6.45, 7) is 6.58. The SMILES string of the molecule is CCCCC/C=C\CCCCCCCC(=O)OC(COC(=O)CCCCCCCC)COC(=O)CCCCCCCCCCCCCCCCCCC/C=C\CCCCCCCCCC. The van der Waals surface area contributed by atoms with Crippen LogP contribution in [-0.2, 0) is 28.6 Å². The standard InChI is InChI=1S/C59H110O6/c1-4-7-10-13-16-18-20-22-23-24-25-26-27-28-29-30-31-32-33-34-35-36-37-38-40-41-43-46-49-52-58(61)64-55-56(54-63-57(60)51-48-45-15-12-9-6-3)65-59(62)53-50-47-44-42-39-21-19-17-14-11-8-5-2/h17,19,24-25,56H,4-16,18,20-23,26-55H2,1-3H3/b19-17-,25-24-. The van der Waals surface area contributed by atoms with Gasteiger partial charge in [-0.15, -0.1) is 0 Å². The van der Waals surface area contributed by atoms with Crippen LogP contribution >= 0.6 is 0 Å². The molecule has 0 rings (SSSR count). The minimum Gasteiger partial charge on any atom is -0.462 e. The number of carbonyl (C=O) groups excluding carboxylic acids is 3. The van der Waals surface area contributed by atoms with E-state index in [2.05, 4.69) is 45.1 Å². The molecule has 0 saturated heterocycles. The molecule has 0 aromatic rings. The number of hydrogen-bond donors (Lipinski definition) is 0. The summed E-state index contributed by atoms with van der Waals surface area (Å²) >= 11 is 0. The first-order valence-corrected chi connectivity index (χ1v) is 28.8. The number of ether oxygens (including phenoxy) is 3. The summed E-state index contributed by atoms with van der Waals surface area (Å²) in [7, 11) is 0. The van der Waals surface area contributed by atoms with Gasteiger partial charge in [0.05, 0.1) is 0 Å². The summed E-state index contributed by atoms with van der Waals surface area (Å²) in [6, 6.07) is 0. The zero-order valence-electron chi connectivity index (χ0n) is 43.8. The van der Waals surface area contributed by atoms with Crippen LogP contribution in [0.4, 0.5) is 0 Å². The smallest absolute Gasteiger partial charge is 0.306 e. The van der Waals surface area contributed by atoms with Crippen LogP contribution in [0.5, 0.6) is 0 Å². The van der Waals surface area contributed by atoms with Crippen LogP contribution in [0.25, 0.3) is 0 Å². The zero-order valence-corrected chi connectivity index (χ0v) is 43.8. The van der Waals surface area contributed by atoms with Crippen molar-refractivity contribution in [3.63, 3.8) is 0 Å². The summed E-state index contributed by atoms with van der Waals surface area (Å²) in [5.74, 6) is -0.876. The Morgan fingerprint density at radius 2 is 0.508 bits per heavy atom. The van der Waals surface area contributed by atoms with Gasteiger partial charge in [-0.2, -0.15) is 0 Å². The maximum Gasteiger partial charge on any atom is 0.306 e. The number of allylic oxidation sites excluding steroid dienone is 4. The van der Waals surface area contributed by atoms with Crippen molar-refractivity contribution in [3.05, 3.63) is 24.3 Å². The molecule has 1 unspecified atom stereocenters. The summed E-state index contributed by atoms with van der Waals surface area (Å²) in [4.78, 5) is 37.7. The number of carbonyl (C=O) groups is 3. The predicted molar refractivity (Wildman–Crippen MR) is 279 cm³/mol. The fourth-order valence-electron chi connectivity index (χ4n) is 8.55. The second-order valence-electron chi connectivity index (χ2n) is 19.6. The van der Waals surface area contributed by atoms with Gasteiger partial charge in [0.25, 0.3) is 0 Å². The molecule has 1 atom stereocenters. The molecule has 0 bridgehead atoms. The van der Waals surface area contributed by atoms with E-state index in [-0.39, 0.29) is 31.1 Å². The molecule has 0 heterocycles. The number of hydrogen-bond acceptors (Lipinski definition) is 6. The van der Waals surface area contributed by atoms with E-state index in [0.717, 1.165) is 64.2 Å². The second kappa shape index (κ2) is 54.5. The lowest BCUT2D eigenvalue weighted by molar-refractivity contribution is -0.167. The summed E-state index contributed by atoms with van der Waals surface area (Å²) in [6.07, 6.45) is 63.7. The molecular weight excluding hydrogens is 805 g/mol. The van der Waals surface area contributed by atoms with E-state index in [1.807, 2.05) is 0 Å². The summed E-state index contributed by atoms with van der Waals surface area (Å²) in [5.41, 5.74) is 0. The fraction of sp³-hybridized carbons (Fsp3) is 0.881. The maximum atomic E-state index is 12.7. The molecule has 0 amide bonds. The Labute approximate surface area is 404 Å². The molecule has 6 nitrogen and oxygen atoms in total. The molecule has 0 aliphatic rings. The molecule has 0 aliphatic carbocycles. The average molecular weight is 916 g/mol. The first-order chi connectivity index (χ1) is 32.0. The van der Waals surface area contributed by atoms with E-state index in [0.29, 0.717) is 19.3 Å². The van der Waals surface area contributed by atoms with Gasteiger partial charge in [-0.3, -0.25) is 14.4 Å². The third kappa shape index (κ3) is 52.7. The molecule has 0 fully saturated rings. The van der Waals surface area contributed by atoms with E-state index in [9.17, 15) is 14.4 Å². The molecule has 0 aromatic heterocycles. The van der Waals surface area contributed by atoms with Crippen LogP contribution in [0, 0.1) is 0 Å². The van der Waals surface area contributed by atoms with Crippen molar-refractivity contribution < 1.29 is 28.6 Å². The average Bonchev–Trinajstić information content (AvgIpc) is 3.30. The van der Waals surface area contributed by atoms with Crippen molar-refractivity contribution in [1.82, 2.24) is 0 Å². The van der Waals surface area contributed by atoms with Crippen LogP contribution in [0.15, 0.2) is 24.3 Å². The molecule has 6 heteroatoms. The third-order valence-corrected chi connectivity index (χ3v) is 12.9. The van der Waals surface area contributed by atoms with Gasteiger partial charge in [-0.25, -0.2) is 0 Å². The number of unbranched alkanes of at least 4 members (excludes halogenated alkanes) is 38. The van der Waals surface area contributed by atoms with Crippen molar-refractivity contribution in [1.29, 1.82) is 0 Å². The highest BCUT2D eigenvalue weighted by atomic mass is 16.6. The molecule has 0 radical (unpaired) electrons. The Bertz CT molecular complexity index is 1050. The van der Waals surface area contributed by atoms with Crippen molar-refractivity contribution in [3.8, 4) is 0 Å². The summed E-state index contributed by atoms with van der Waals surface area (Å²) in [5, 5.41) is 0. The van der Waals surface area contributed by atoms with Gasteiger partial charge in [-0.05, 0) is 70.6 Å². The van der Waals surface area contributed by atoms with E-state index in [1.165, 1.54) is 212 Å². The molecule has 65 heavy (non-hydrogen) atoms. The number of rotatable bonds is 53. The molecule has 0 saturated carbocycles. The van der Waals surface area contributed by atoms with Gasteiger partial charge in [0.2, 0.25) is 0 Å². The van der Waals surface area contributed by atoms with Crippen LogP contribution in [-0.4, -0.2) is 37.2 Å². The topological polar surface area (TPSA) is 78.9 Å². The molecular formula is C59H110O6. The van der Waals surface area contributed by atoms with Crippen LogP contribution in [0.1, 0.15) is 316 Å². The molecule has 0 aliphatic heterocycles. The van der Waals surface area contributed by atoms with Gasteiger partial charge < -0.3 is 14.2 Å². The highest BCUT2D eigenvalue weighted by molar-refractivity contribution is 5.71. The maximum absolute atomic E-state index is 12.7. The Balaban J connectivity index is 3.95. The highest BCUT2D eigenvalue weighted by Crippen LogP contribution is 2.17. The second-order valence-corrected chi connectivity index (χ2v) is 19.6. The zero-order chi connectivity index (χ0) is 47.2. The van der Waals surface area contributed by atoms with E-state index in [4.69, 9.17) is 14.2 Å². The monoisotopic (exact) mass is 915 g/mol. The van der Waals surface area contributed by atoms with Crippen molar-refractivity contribution in [2.75, 3.05) is 13.2 Å². The highest BCUT2D eigenvalue weighted by Gasteiger charge is 2.19. The van der Waals surface area contributed by atoms with Gasteiger partial charge in [0.1, 0.15) is 13.2 Å². The quantitative estimate of drug-likeness (QED) is 0.0262. The van der Waals surface area contributed by atoms with E-state index in [1.54, 1.807) is 0 Å². The Hall–Kier alpha value is -2.11. The lowest BCUT2D eigenvalue weighted by Crippen LogP contribution is -2.30. The van der Waals surface area contributed by atoms with Gasteiger partial charge >= 0.3 is 17.9 Å². The van der Waals surface area contributed by atoms with Crippen molar-refractivity contribution in [2.45, 2.75) is 322 Å². The van der Waals surface area contributed by atoms with Crippen molar-refractivity contribution in [2.24, 2.45) is 0 Å². The number of esters is 3. The lowest BCUT2D eigenvalue weighted by Gasteiger charge is -2.18. The van der Waals surface area contributed by atoms with Gasteiger partial charge in [-0.1, -0.05) is 251 Å². The van der Waals surface area contributed by atoms with Crippen LogP contribution in [0.2, 0.25) is 0 Å². The van der Waals surface area contributed by atoms with Gasteiger partial charge in [0, 0.05) is 19.3 Å². The normalized spacial score (nSPS) is 12.1. The molecule has 0 spiro atoms. The van der Waals surface area contributed by atoms with E-state index >= 15 is 0 Å². The molecule has 0 aromatic carbocycles. The first kappa shape index (κ1) is 62.9. The van der Waals surface area contributed by atoms with Gasteiger partial charge in [0.15, 0.2) is 6.10 Å². The first-order valence-electron chi connectivity index (χ1n) is 28.8. The predicted octanol–water partition coefficient (Wildman–Crippen LogP) is 19.1. The molecule has 0 N–H and O–H groups in total. The fourth-order valence-corrected chi connectivity index (χ4v) is 8.55. The minimum atomic E-state index is -0.768. The lowest BCUT2D eigenvalue weighted by atomic mass is 10.0. The van der Waals surface area contributed by atoms with Crippen LogP contribution < -0.4 is 0 Å². The Morgan fingerprint density at radius 3 is 0.800 bits per heavy atom. The summed E-state index contributed by atoms with van der Waals surface area (Å²) < 4.78 is 16.7. The Morgan fingerprint density at radius 1 is 0.292 bits per heavy atom. The van der Waals surface area contributed by atoms with E-state index < -0.39 is 6.10 Å². The minimum absolute atomic E-state index is 0.0709.